The third-order valence-corrected chi connectivity index (χ3v) is 2.03. The Kier molecular flexibility index (Phi) is 4.42. The Hall–Kier alpha value is -1.23. The Bertz CT molecular complexity index is 341. The molecule has 82 valence electrons. The lowest BCUT2D eigenvalue weighted by atomic mass is 10.1. The molecule has 0 aliphatic carbocycles. The molecule has 0 fully saturated rings. The van der Waals surface area contributed by atoms with E-state index >= 15 is 0 Å². The molecular formula is C10H15N3OS. The van der Waals surface area contributed by atoms with Gasteiger partial charge in [0.05, 0.1) is 6.61 Å². The van der Waals surface area contributed by atoms with Gasteiger partial charge < -0.3 is 10.5 Å². The first-order valence-corrected chi connectivity index (χ1v) is 5.25. The summed E-state index contributed by atoms with van der Waals surface area (Å²) in [6.07, 6.45) is 4.07. The molecule has 4 nitrogen and oxygen atoms in total. The van der Waals surface area contributed by atoms with E-state index in [0.717, 1.165) is 6.42 Å². The molecule has 0 saturated heterocycles. The fourth-order valence-corrected chi connectivity index (χ4v) is 1.13. The molecule has 1 heterocycles. The zero-order chi connectivity index (χ0) is 11.3. The fraction of sp³-hybridized carbons (Fsp3) is 0.500. The van der Waals surface area contributed by atoms with Crippen molar-refractivity contribution in [3.05, 3.63) is 18.1 Å². The van der Waals surface area contributed by atoms with Crippen LogP contribution in [0.25, 0.3) is 0 Å². The molecule has 1 rings (SSSR count). The average Bonchev–Trinajstić information content (AvgIpc) is 2.17. The molecule has 0 saturated carbocycles. The Morgan fingerprint density at radius 1 is 1.47 bits per heavy atom. The van der Waals surface area contributed by atoms with Crippen LogP contribution in [-0.4, -0.2) is 21.6 Å². The molecule has 0 radical (unpaired) electrons. The maximum atomic E-state index is 5.50. The Labute approximate surface area is 94.9 Å². The Balaban J connectivity index is 2.63. The van der Waals surface area contributed by atoms with Gasteiger partial charge in [-0.25, -0.2) is 9.97 Å². The summed E-state index contributed by atoms with van der Waals surface area (Å²) in [6.45, 7) is 4.87. The number of hydrogen-bond donors (Lipinski definition) is 1. The first-order chi connectivity index (χ1) is 7.11. The van der Waals surface area contributed by atoms with Crippen LogP contribution in [0.4, 0.5) is 0 Å². The van der Waals surface area contributed by atoms with Crippen molar-refractivity contribution in [1.82, 2.24) is 9.97 Å². The predicted molar refractivity (Wildman–Crippen MR) is 62.9 cm³/mol. The third-order valence-electron chi connectivity index (χ3n) is 1.83. The van der Waals surface area contributed by atoms with Gasteiger partial charge in [0, 0.05) is 12.4 Å². The van der Waals surface area contributed by atoms with Crippen LogP contribution in [-0.2, 0) is 0 Å². The first kappa shape index (κ1) is 11.8. The lowest BCUT2D eigenvalue weighted by molar-refractivity contribution is 0.277. The summed E-state index contributed by atoms with van der Waals surface area (Å²) < 4.78 is 5.47. The monoisotopic (exact) mass is 225 g/mol. The van der Waals surface area contributed by atoms with E-state index in [1.54, 1.807) is 12.4 Å². The number of thiocarbonyl (C=S) groups is 1. The van der Waals surface area contributed by atoms with Crippen molar-refractivity contribution in [2.24, 2.45) is 11.7 Å². The van der Waals surface area contributed by atoms with Gasteiger partial charge in [-0.1, -0.05) is 26.1 Å². The Morgan fingerprint density at radius 2 is 2.13 bits per heavy atom. The van der Waals surface area contributed by atoms with Gasteiger partial charge >= 0.3 is 0 Å². The van der Waals surface area contributed by atoms with Crippen molar-refractivity contribution in [2.45, 2.75) is 20.3 Å². The summed E-state index contributed by atoms with van der Waals surface area (Å²) in [5.74, 6) is 1.01. The average molecular weight is 225 g/mol. The highest BCUT2D eigenvalue weighted by molar-refractivity contribution is 7.80. The van der Waals surface area contributed by atoms with E-state index in [1.165, 1.54) is 0 Å². The molecular weight excluding hydrogens is 210 g/mol. The fourth-order valence-electron chi connectivity index (χ4n) is 0.991. The summed E-state index contributed by atoms with van der Waals surface area (Å²) in [6, 6.07) is 0. The molecule has 15 heavy (non-hydrogen) atoms. The molecule has 1 aromatic rings. The topological polar surface area (TPSA) is 61.0 Å². The van der Waals surface area contributed by atoms with Crippen LogP contribution in [0.5, 0.6) is 5.88 Å². The van der Waals surface area contributed by atoms with E-state index in [9.17, 15) is 0 Å². The van der Waals surface area contributed by atoms with Gasteiger partial charge in [-0.3, -0.25) is 0 Å². The summed E-state index contributed by atoms with van der Waals surface area (Å²) >= 11 is 4.85. The quantitative estimate of drug-likeness (QED) is 0.770. The van der Waals surface area contributed by atoms with E-state index in [2.05, 4.69) is 23.8 Å². The molecule has 0 aliphatic rings. The van der Waals surface area contributed by atoms with Gasteiger partial charge in [0.25, 0.3) is 0 Å². The van der Waals surface area contributed by atoms with Crippen molar-refractivity contribution in [2.75, 3.05) is 6.61 Å². The van der Waals surface area contributed by atoms with Gasteiger partial charge in [-0.05, 0) is 12.3 Å². The standard InChI is InChI=1S/C10H15N3OS/c1-7(2)3-6-14-10-8(9(11)15)12-4-5-13-10/h4-5,7H,3,6H2,1-2H3,(H2,11,15). The molecule has 0 aliphatic heterocycles. The van der Waals surface area contributed by atoms with Gasteiger partial charge in [-0.15, -0.1) is 0 Å². The van der Waals surface area contributed by atoms with Gasteiger partial charge in [0.15, 0.2) is 5.69 Å². The molecule has 2 N–H and O–H groups in total. The van der Waals surface area contributed by atoms with E-state index in [0.29, 0.717) is 24.1 Å². The lowest BCUT2D eigenvalue weighted by Gasteiger charge is -2.09. The third kappa shape index (κ3) is 3.79. The smallest absolute Gasteiger partial charge is 0.243 e. The maximum absolute atomic E-state index is 5.50. The number of nitrogens with zero attached hydrogens (tertiary/aromatic N) is 2. The second-order valence-corrected chi connectivity index (χ2v) is 4.05. The second kappa shape index (κ2) is 5.60. The molecule has 0 spiro atoms. The highest BCUT2D eigenvalue weighted by atomic mass is 32.1. The van der Waals surface area contributed by atoms with Crippen LogP contribution >= 0.6 is 12.2 Å². The van der Waals surface area contributed by atoms with E-state index in [4.69, 9.17) is 22.7 Å². The van der Waals surface area contributed by atoms with Crippen molar-refractivity contribution < 1.29 is 4.74 Å². The minimum absolute atomic E-state index is 0.211. The summed E-state index contributed by atoms with van der Waals surface area (Å²) in [7, 11) is 0. The van der Waals surface area contributed by atoms with Crippen LogP contribution in [0.1, 0.15) is 26.0 Å². The highest BCUT2D eigenvalue weighted by Crippen LogP contribution is 2.12. The molecule has 5 heteroatoms. The van der Waals surface area contributed by atoms with E-state index < -0.39 is 0 Å². The van der Waals surface area contributed by atoms with Crippen molar-refractivity contribution in [3.63, 3.8) is 0 Å². The highest BCUT2D eigenvalue weighted by Gasteiger charge is 2.08. The Morgan fingerprint density at radius 3 is 2.73 bits per heavy atom. The van der Waals surface area contributed by atoms with Crippen LogP contribution in [0.2, 0.25) is 0 Å². The van der Waals surface area contributed by atoms with Gasteiger partial charge in [-0.2, -0.15) is 0 Å². The molecule has 0 amide bonds. The molecule has 0 aromatic carbocycles. The molecule has 0 bridgehead atoms. The zero-order valence-corrected chi connectivity index (χ0v) is 9.75. The number of rotatable bonds is 5. The SMILES string of the molecule is CC(C)CCOc1nccnc1C(N)=S. The van der Waals surface area contributed by atoms with Crippen LogP contribution in [0, 0.1) is 5.92 Å². The number of nitrogens with two attached hydrogens (primary N) is 1. The summed E-state index contributed by atoms with van der Waals surface area (Å²) in [4.78, 5) is 8.28. The van der Waals surface area contributed by atoms with Crippen LogP contribution in [0.15, 0.2) is 12.4 Å². The van der Waals surface area contributed by atoms with Crippen molar-refractivity contribution in [3.8, 4) is 5.88 Å². The van der Waals surface area contributed by atoms with Crippen LogP contribution in [0.3, 0.4) is 0 Å². The maximum Gasteiger partial charge on any atom is 0.243 e. The molecule has 1 aromatic heterocycles. The van der Waals surface area contributed by atoms with Crippen LogP contribution < -0.4 is 10.5 Å². The summed E-state index contributed by atoms with van der Waals surface area (Å²) in [5.41, 5.74) is 5.95. The van der Waals surface area contributed by atoms with Gasteiger partial charge in [0.2, 0.25) is 5.88 Å². The molecule has 0 atom stereocenters. The minimum Gasteiger partial charge on any atom is -0.476 e. The minimum atomic E-state index is 0.211. The number of aromatic nitrogens is 2. The van der Waals surface area contributed by atoms with Crippen molar-refractivity contribution in [1.29, 1.82) is 0 Å². The second-order valence-electron chi connectivity index (χ2n) is 3.61. The van der Waals surface area contributed by atoms with E-state index in [-0.39, 0.29) is 4.99 Å². The molecule has 0 unspecified atom stereocenters. The zero-order valence-electron chi connectivity index (χ0n) is 8.93. The van der Waals surface area contributed by atoms with Crippen molar-refractivity contribution >= 4 is 17.2 Å². The summed E-state index contributed by atoms with van der Waals surface area (Å²) in [5, 5.41) is 0. The number of hydrogen-bond acceptors (Lipinski definition) is 4. The number of ether oxygens (including phenoxy) is 1. The van der Waals surface area contributed by atoms with E-state index in [1.807, 2.05) is 0 Å². The first-order valence-electron chi connectivity index (χ1n) is 4.85. The lowest BCUT2D eigenvalue weighted by Crippen LogP contribution is -2.15. The predicted octanol–water partition coefficient (Wildman–Crippen LogP) is 1.54. The van der Waals surface area contributed by atoms with Gasteiger partial charge in [0.1, 0.15) is 4.99 Å². The largest absolute Gasteiger partial charge is 0.476 e. The normalized spacial score (nSPS) is 10.3.